The molecule has 0 aromatic rings. The van der Waals surface area contributed by atoms with Gasteiger partial charge < -0.3 is 28.4 Å². The SMILES string of the molecule is COC[C@@H](OC(C)=O)[C@H](OC)[C@H](OC(C)=O)[C@H](COC(C)=O)OC. The van der Waals surface area contributed by atoms with Gasteiger partial charge in [-0.1, -0.05) is 0 Å². The molecule has 0 spiro atoms. The van der Waals surface area contributed by atoms with Gasteiger partial charge in [-0.05, 0) is 0 Å². The average molecular weight is 350 g/mol. The van der Waals surface area contributed by atoms with Crippen molar-refractivity contribution in [1.82, 2.24) is 0 Å². The van der Waals surface area contributed by atoms with Gasteiger partial charge in [0.2, 0.25) is 0 Å². The van der Waals surface area contributed by atoms with Crippen molar-refractivity contribution in [1.29, 1.82) is 0 Å². The fraction of sp³-hybridized carbons (Fsp3) is 0.800. The topological polar surface area (TPSA) is 107 Å². The minimum absolute atomic E-state index is 0.0137. The predicted octanol–water partition coefficient (Wildman–Crippen LogP) is 0.0893. The Morgan fingerprint density at radius 3 is 1.67 bits per heavy atom. The molecule has 0 N–H and O–H groups in total. The highest BCUT2D eigenvalue weighted by Gasteiger charge is 2.40. The van der Waals surface area contributed by atoms with E-state index in [0.29, 0.717) is 0 Å². The zero-order valence-corrected chi connectivity index (χ0v) is 14.9. The molecule has 0 aliphatic rings. The summed E-state index contributed by atoms with van der Waals surface area (Å²) in [6.07, 6.45) is -3.55. The van der Waals surface area contributed by atoms with Crippen molar-refractivity contribution < 1.29 is 42.8 Å². The molecular formula is C15H26O9. The van der Waals surface area contributed by atoms with Crippen molar-refractivity contribution in [3.63, 3.8) is 0 Å². The van der Waals surface area contributed by atoms with Crippen molar-refractivity contribution in [3.05, 3.63) is 0 Å². The van der Waals surface area contributed by atoms with Crippen molar-refractivity contribution in [2.45, 2.75) is 45.2 Å². The molecule has 24 heavy (non-hydrogen) atoms. The Hall–Kier alpha value is -1.71. The minimum Gasteiger partial charge on any atom is -0.463 e. The Kier molecular flexibility index (Phi) is 10.9. The summed E-state index contributed by atoms with van der Waals surface area (Å²) in [5.74, 6) is -1.65. The van der Waals surface area contributed by atoms with E-state index in [1.54, 1.807) is 0 Å². The molecule has 0 saturated carbocycles. The molecular weight excluding hydrogens is 324 g/mol. The van der Waals surface area contributed by atoms with Crippen LogP contribution in [-0.2, 0) is 42.8 Å². The summed E-state index contributed by atoms with van der Waals surface area (Å²) in [4.78, 5) is 33.8. The van der Waals surface area contributed by atoms with E-state index in [4.69, 9.17) is 28.4 Å². The lowest BCUT2D eigenvalue weighted by molar-refractivity contribution is -0.194. The smallest absolute Gasteiger partial charge is 0.303 e. The maximum atomic E-state index is 11.5. The average Bonchev–Trinajstić information content (AvgIpc) is 2.47. The molecule has 9 heteroatoms. The Morgan fingerprint density at radius 1 is 0.708 bits per heavy atom. The van der Waals surface area contributed by atoms with Crippen molar-refractivity contribution >= 4 is 17.9 Å². The van der Waals surface area contributed by atoms with Crippen LogP contribution in [0.2, 0.25) is 0 Å². The van der Waals surface area contributed by atoms with Gasteiger partial charge in [-0.2, -0.15) is 0 Å². The number of carbonyl (C=O) groups excluding carboxylic acids is 3. The van der Waals surface area contributed by atoms with Crippen LogP contribution in [0, 0.1) is 0 Å². The maximum absolute atomic E-state index is 11.5. The molecule has 9 nitrogen and oxygen atoms in total. The molecule has 0 unspecified atom stereocenters. The van der Waals surface area contributed by atoms with E-state index in [-0.39, 0.29) is 13.2 Å². The summed E-state index contributed by atoms with van der Waals surface area (Å²) in [7, 11) is 4.16. The van der Waals surface area contributed by atoms with Crippen molar-refractivity contribution in [2.75, 3.05) is 34.5 Å². The Balaban J connectivity index is 5.46. The number of hydrogen-bond donors (Lipinski definition) is 0. The molecule has 0 heterocycles. The Bertz CT molecular complexity index is 410. The third-order valence-electron chi connectivity index (χ3n) is 3.03. The number of carbonyl (C=O) groups is 3. The zero-order valence-electron chi connectivity index (χ0n) is 14.9. The highest BCUT2D eigenvalue weighted by molar-refractivity contribution is 5.67. The van der Waals surface area contributed by atoms with E-state index in [0.717, 1.165) is 0 Å². The summed E-state index contributed by atoms with van der Waals surface area (Å²) in [5.41, 5.74) is 0. The monoisotopic (exact) mass is 350 g/mol. The van der Waals surface area contributed by atoms with E-state index in [9.17, 15) is 14.4 Å². The molecule has 0 amide bonds. The molecule has 0 aromatic heterocycles. The van der Waals surface area contributed by atoms with Gasteiger partial charge in [-0.3, -0.25) is 14.4 Å². The van der Waals surface area contributed by atoms with Crippen molar-refractivity contribution in [2.24, 2.45) is 0 Å². The van der Waals surface area contributed by atoms with Crippen LogP contribution in [0.3, 0.4) is 0 Å². The fourth-order valence-electron chi connectivity index (χ4n) is 2.11. The molecule has 4 atom stereocenters. The van der Waals surface area contributed by atoms with Crippen LogP contribution in [0.4, 0.5) is 0 Å². The van der Waals surface area contributed by atoms with E-state index in [2.05, 4.69) is 0 Å². The van der Waals surface area contributed by atoms with Crippen LogP contribution in [0.15, 0.2) is 0 Å². The Labute approximate surface area is 141 Å². The summed E-state index contributed by atoms with van der Waals surface area (Å²) >= 11 is 0. The summed E-state index contributed by atoms with van der Waals surface area (Å²) < 4.78 is 31.0. The predicted molar refractivity (Wildman–Crippen MR) is 81.2 cm³/mol. The van der Waals surface area contributed by atoms with Gasteiger partial charge in [0.15, 0.2) is 12.2 Å². The molecule has 0 saturated heterocycles. The normalized spacial score (nSPS) is 15.8. The van der Waals surface area contributed by atoms with Crippen LogP contribution >= 0.6 is 0 Å². The van der Waals surface area contributed by atoms with Crippen molar-refractivity contribution in [3.8, 4) is 0 Å². The molecule has 0 radical (unpaired) electrons. The zero-order chi connectivity index (χ0) is 18.7. The van der Waals surface area contributed by atoms with Crippen LogP contribution in [0.25, 0.3) is 0 Å². The molecule has 0 aromatic carbocycles. The number of esters is 3. The lowest BCUT2D eigenvalue weighted by Gasteiger charge is -2.34. The molecule has 0 bridgehead atoms. The van der Waals surface area contributed by atoms with Gasteiger partial charge in [0.25, 0.3) is 0 Å². The second kappa shape index (κ2) is 11.8. The highest BCUT2D eigenvalue weighted by Crippen LogP contribution is 2.18. The third-order valence-corrected chi connectivity index (χ3v) is 3.03. The summed E-state index contributed by atoms with van der Waals surface area (Å²) in [6, 6.07) is 0. The number of hydrogen-bond acceptors (Lipinski definition) is 9. The van der Waals surface area contributed by atoms with E-state index >= 15 is 0 Å². The van der Waals surface area contributed by atoms with E-state index in [1.807, 2.05) is 0 Å². The van der Waals surface area contributed by atoms with Gasteiger partial charge in [0.05, 0.1) is 6.61 Å². The van der Waals surface area contributed by atoms with Crippen LogP contribution in [0.1, 0.15) is 20.8 Å². The summed E-state index contributed by atoms with van der Waals surface area (Å²) in [6.45, 7) is 3.55. The third kappa shape index (κ3) is 8.23. The first-order chi connectivity index (χ1) is 11.3. The quantitative estimate of drug-likeness (QED) is 0.378. The van der Waals surface area contributed by atoms with E-state index in [1.165, 1.54) is 42.1 Å². The Morgan fingerprint density at radius 2 is 1.29 bits per heavy atom. The largest absolute Gasteiger partial charge is 0.463 e. The van der Waals surface area contributed by atoms with Crippen LogP contribution in [-0.4, -0.2) is 76.9 Å². The number of methoxy groups -OCH3 is 3. The molecule has 0 rings (SSSR count). The molecule has 0 aliphatic heterocycles. The van der Waals surface area contributed by atoms with Crippen LogP contribution in [0.5, 0.6) is 0 Å². The van der Waals surface area contributed by atoms with Gasteiger partial charge in [-0.15, -0.1) is 0 Å². The molecule has 0 aliphatic carbocycles. The van der Waals surface area contributed by atoms with Crippen LogP contribution < -0.4 is 0 Å². The first-order valence-corrected chi connectivity index (χ1v) is 7.29. The standard InChI is InChI=1S/C15H26O9/c1-9(16)22-8-12(20-5)15(24-11(3)18)14(21-6)13(7-19-4)23-10(2)17/h12-15H,7-8H2,1-6H3/t12-,13+,14-,15+/m0/s1. The number of rotatable bonds is 11. The summed E-state index contributed by atoms with van der Waals surface area (Å²) in [5, 5.41) is 0. The first-order valence-electron chi connectivity index (χ1n) is 7.29. The van der Waals surface area contributed by atoms with Gasteiger partial charge in [0.1, 0.15) is 18.8 Å². The first kappa shape index (κ1) is 22.3. The second-order valence-corrected chi connectivity index (χ2v) is 4.95. The lowest BCUT2D eigenvalue weighted by Crippen LogP contribution is -2.52. The maximum Gasteiger partial charge on any atom is 0.303 e. The van der Waals surface area contributed by atoms with Gasteiger partial charge in [0, 0.05) is 42.1 Å². The second-order valence-electron chi connectivity index (χ2n) is 4.95. The molecule has 0 fully saturated rings. The minimum atomic E-state index is -0.989. The van der Waals surface area contributed by atoms with Gasteiger partial charge >= 0.3 is 17.9 Å². The highest BCUT2D eigenvalue weighted by atomic mass is 16.6. The number of ether oxygens (including phenoxy) is 6. The van der Waals surface area contributed by atoms with Gasteiger partial charge in [-0.25, -0.2) is 0 Å². The van der Waals surface area contributed by atoms with E-state index < -0.39 is 42.3 Å². The lowest BCUT2D eigenvalue weighted by atomic mass is 10.0. The molecule has 140 valence electrons. The fourth-order valence-corrected chi connectivity index (χ4v) is 2.11.